The lowest BCUT2D eigenvalue weighted by Gasteiger charge is -2.41. The van der Waals surface area contributed by atoms with Crippen molar-refractivity contribution in [1.82, 2.24) is 9.80 Å². The van der Waals surface area contributed by atoms with Gasteiger partial charge in [0.2, 0.25) is 5.91 Å². The van der Waals surface area contributed by atoms with Gasteiger partial charge in [-0.3, -0.25) is 9.69 Å². The van der Waals surface area contributed by atoms with Crippen LogP contribution in [0.5, 0.6) is 0 Å². The molecule has 1 atom stereocenters. The highest BCUT2D eigenvalue weighted by Crippen LogP contribution is 2.32. The van der Waals surface area contributed by atoms with Gasteiger partial charge in [0, 0.05) is 45.0 Å². The molecule has 0 unspecified atom stereocenters. The first-order valence-corrected chi connectivity index (χ1v) is 10.5. The Kier molecular flexibility index (Phi) is 6.48. The molecule has 0 aromatic heterocycles. The van der Waals surface area contributed by atoms with Gasteiger partial charge >= 0.3 is 6.18 Å². The summed E-state index contributed by atoms with van der Waals surface area (Å²) in [5.41, 5.74) is 0.855. The van der Waals surface area contributed by atoms with Gasteiger partial charge in [-0.05, 0) is 23.8 Å². The predicted molar refractivity (Wildman–Crippen MR) is 112 cm³/mol. The normalized spacial score (nSPS) is 19.3. The molecule has 0 spiro atoms. The number of benzene rings is 2. The van der Waals surface area contributed by atoms with Crippen molar-refractivity contribution in [3.63, 3.8) is 0 Å². The first-order valence-electron chi connectivity index (χ1n) is 10.5. The first kappa shape index (κ1) is 21.6. The molecule has 2 aromatic rings. The highest BCUT2D eigenvalue weighted by molar-refractivity contribution is 5.83. The highest BCUT2D eigenvalue weighted by atomic mass is 19.4. The Morgan fingerprint density at radius 3 is 2.19 bits per heavy atom. The minimum Gasteiger partial charge on any atom is -0.378 e. The second-order valence-corrected chi connectivity index (χ2v) is 7.82. The zero-order chi connectivity index (χ0) is 21.8. The third kappa shape index (κ3) is 5.02. The van der Waals surface area contributed by atoms with Crippen molar-refractivity contribution >= 4 is 11.6 Å². The number of carbonyl (C=O) groups excluding carboxylic acids is 1. The van der Waals surface area contributed by atoms with Gasteiger partial charge < -0.3 is 14.5 Å². The smallest absolute Gasteiger partial charge is 0.378 e. The van der Waals surface area contributed by atoms with Gasteiger partial charge in [-0.1, -0.05) is 36.4 Å². The van der Waals surface area contributed by atoms with E-state index >= 15 is 0 Å². The molecule has 2 aromatic carbocycles. The molecule has 0 radical (unpaired) electrons. The summed E-state index contributed by atoms with van der Waals surface area (Å²) < 4.78 is 44.6. The summed E-state index contributed by atoms with van der Waals surface area (Å²) in [6, 6.07) is 14.7. The lowest BCUT2D eigenvalue weighted by atomic mass is 10.0. The molecule has 8 heteroatoms. The molecular formula is C23H26F3N3O2. The Balaban J connectivity index is 1.49. The summed E-state index contributed by atoms with van der Waals surface area (Å²) >= 11 is 0. The molecule has 31 heavy (non-hydrogen) atoms. The van der Waals surface area contributed by atoms with Crippen LogP contribution in [0.3, 0.4) is 0 Å². The molecule has 0 aliphatic carbocycles. The number of anilines is 1. The van der Waals surface area contributed by atoms with Crippen LogP contribution in [0.1, 0.15) is 17.2 Å². The Hall–Kier alpha value is -2.58. The van der Waals surface area contributed by atoms with E-state index in [0.717, 1.165) is 11.6 Å². The maximum Gasteiger partial charge on any atom is 0.416 e. The molecule has 0 saturated carbocycles. The Bertz CT molecular complexity index is 877. The molecular weight excluding hydrogens is 407 g/mol. The average molecular weight is 433 g/mol. The maximum atomic E-state index is 13.4. The molecule has 5 nitrogen and oxygen atoms in total. The predicted octanol–water partition coefficient (Wildman–Crippen LogP) is 3.43. The number of alkyl halides is 3. The van der Waals surface area contributed by atoms with E-state index in [1.54, 1.807) is 6.07 Å². The molecule has 2 saturated heterocycles. The van der Waals surface area contributed by atoms with E-state index in [1.165, 1.54) is 12.1 Å². The summed E-state index contributed by atoms with van der Waals surface area (Å²) in [4.78, 5) is 19.3. The monoisotopic (exact) mass is 433 g/mol. The van der Waals surface area contributed by atoms with Gasteiger partial charge in [0.1, 0.15) is 6.04 Å². The van der Waals surface area contributed by atoms with E-state index in [1.807, 2.05) is 40.1 Å². The number of carbonyl (C=O) groups is 1. The van der Waals surface area contributed by atoms with Gasteiger partial charge in [0.25, 0.3) is 0 Å². The van der Waals surface area contributed by atoms with Crippen molar-refractivity contribution < 1.29 is 22.7 Å². The number of morpholine rings is 1. The number of amides is 1. The van der Waals surface area contributed by atoms with Gasteiger partial charge in [-0.15, -0.1) is 0 Å². The van der Waals surface area contributed by atoms with Gasteiger partial charge in [0.05, 0.1) is 18.8 Å². The van der Waals surface area contributed by atoms with Gasteiger partial charge in [-0.25, -0.2) is 0 Å². The minimum absolute atomic E-state index is 0.0574. The number of hydrogen-bond acceptors (Lipinski definition) is 4. The topological polar surface area (TPSA) is 36.0 Å². The third-order valence-electron chi connectivity index (χ3n) is 5.89. The molecule has 0 N–H and O–H groups in total. The molecule has 1 amide bonds. The van der Waals surface area contributed by atoms with Crippen LogP contribution in [-0.4, -0.2) is 68.2 Å². The largest absolute Gasteiger partial charge is 0.416 e. The third-order valence-corrected chi connectivity index (χ3v) is 5.89. The molecule has 2 heterocycles. The molecule has 0 bridgehead atoms. The number of hydrogen-bond donors (Lipinski definition) is 0. The number of halogens is 3. The van der Waals surface area contributed by atoms with Crippen molar-refractivity contribution in [3.8, 4) is 0 Å². The van der Waals surface area contributed by atoms with Crippen molar-refractivity contribution in [2.45, 2.75) is 12.2 Å². The molecule has 2 fully saturated rings. The highest BCUT2D eigenvalue weighted by Gasteiger charge is 2.35. The zero-order valence-corrected chi connectivity index (χ0v) is 17.2. The lowest BCUT2D eigenvalue weighted by Crippen LogP contribution is -2.53. The summed E-state index contributed by atoms with van der Waals surface area (Å²) in [5, 5.41) is 0. The molecule has 2 aliphatic heterocycles. The number of nitrogens with zero attached hydrogens (tertiary/aromatic N) is 3. The van der Waals surface area contributed by atoms with Crippen LogP contribution in [-0.2, 0) is 15.7 Å². The fourth-order valence-electron chi connectivity index (χ4n) is 4.22. The summed E-state index contributed by atoms with van der Waals surface area (Å²) in [6.07, 6.45) is -4.36. The SMILES string of the molecule is O=C([C@@H](c1ccccc1)N1CCN(c2cccc(C(F)(F)F)c2)CC1)N1CCOCC1. The van der Waals surface area contributed by atoms with Crippen LogP contribution in [0.15, 0.2) is 54.6 Å². The van der Waals surface area contributed by atoms with Gasteiger partial charge in [0.15, 0.2) is 0 Å². The quantitative estimate of drug-likeness (QED) is 0.740. The fourth-order valence-corrected chi connectivity index (χ4v) is 4.22. The van der Waals surface area contributed by atoms with Crippen molar-refractivity contribution in [3.05, 3.63) is 65.7 Å². The summed E-state index contributed by atoms with van der Waals surface area (Å²) in [6.45, 7) is 4.52. The van der Waals surface area contributed by atoms with Crippen molar-refractivity contribution in [1.29, 1.82) is 0 Å². The van der Waals surface area contributed by atoms with Crippen LogP contribution >= 0.6 is 0 Å². The summed E-state index contributed by atoms with van der Waals surface area (Å²) in [7, 11) is 0. The van der Waals surface area contributed by atoms with E-state index in [2.05, 4.69) is 4.90 Å². The number of ether oxygens (including phenoxy) is 1. The van der Waals surface area contributed by atoms with E-state index in [9.17, 15) is 18.0 Å². The Morgan fingerprint density at radius 2 is 1.55 bits per heavy atom. The fraction of sp³-hybridized carbons (Fsp3) is 0.435. The summed E-state index contributed by atoms with van der Waals surface area (Å²) in [5.74, 6) is 0.0574. The van der Waals surface area contributed by atoms with Crippen LogP contribution in [0.25, 0.3) is 0 Å². The van der Waals surface area contributed by atoms with Gasteiger partial charge in [-0.2, -0.15) is 13.2 Å². The van der Waals surface area contributed by atoms with E-state index < -0.39 is 17.8 Å². The second-order valence-electron chi connectivity index (χ2n) is 7.82. The van der Waals surface area contributed by atoms with Crippen LogP contribution in [0, 0.1) is 0 Å². The zero-order valence-electron chi connectivity index (χ0n) is 17.2. The number of rotatable bonds is 4. The minimum atomic E-state index is -4.36. The van der Waals surface area contributed by atoms with Crippen LogP contribution in [0.2, 0.25) is 0 Å². The number of piperazine rings is 1. The van der Waals surface area contributed by atoms with E-state index in [0.29, 0.717) is 58.2 Å². The standard InChI is InChI=1S/C23H26F3N3O2/c24-23(25,26)19-7-4-8-20(17-19)27-9-11-28(12-10-27)21(18-5-2-1-3-6-18)22(30)29-13-15-31-16-14-29/h1-8,17,21H,9-16H2/t21-/m1/s1. The first-order chi connectivity index (χ1) is 14.9. The van der Waals surface area contributed by atoms with E-state index in [4.69, 9.17) is 4.74 Å². The van der Waals surface area contributed by atoms with E-state index in [-0.39, 0.29) is 5.91 Å². The average Bonchev–Trinajstić information content (AvgIpc) is 2.80. The molecule has 4 rings (SSSR count). The maximum absolute atomic E-state index is 13.4. The van der Waals surface area contributed by atoms with Crippen LogP contribution in [0.4, 0.5) is 18.9 Å². The van der Waals surface area contributed by atoms with Crippen molar-refractivity contribution in [2.75, 3.05) is 57.4 Å². The van der Waals surface area contributed by atoms with Crippen molar-refractivity contribution in [2.24, 2.45) is 0 Å². The second kappa shape index (κ2) is 9.28. The van der Waals surface area contributed by atoms with Crippen LogP contribution < -0.4 is 4.90 Å². The Labute approximate surface area is 180 Å². The molecule has 2 aliphatic rings. The Morgan fingerprint density at radius 1 is 0.871 bits per heavy atom. The lowest BCUT2D eigenvalue weighted by molar-refractivity contribution is -0.141. The molecule has 166 valence electrons.